The summed E-state index contributed by atoms with van der Waals surface area (Å²) in [7, 11) is 0. The number of hydrogen-bond acceptors (Lipinski definition) is 3. The average molecular weight is 219 g/mol. The van der Waals surface area contributed by atoms with Crippen LogP contribution in [0.3, 0.4) is 0 Å². The van der Waals surface area contributed by atoms with Gasteiger partial charge < -0.3 is 10.6 Å². The number of hydrogen-bond donors (Lipinski definition) is 2. The number of rotatable bonds is 4. The van der Waals surface area contributed by atoms with Crippen LogP contribution in [-0.2, 0) is 0 Å². The molecule has 16 heavy (non-hydrogen) atoms. The first-order valence-electron chi connectivity index (χ1n) is 6.25. The summed E-state index contributed by atoms with van der Waals surface area (Å²) >= 11 is 0. The van der Waals surface area contributed by atoms with Gasteiger partial charge >= 0.3 is 0 Å². The fourth-order valence-corrected chi connectivity index (χ4v) is 2.02. The molecule has 0 bridgehead atoms. The smallest absolute Gasteiger partial charge is 0.126 e. The van der Waals surface area contributed by atoms with Gasteiger partial charge in [-0.25, -0.2) is 4.98 Å². The van der Waals surface area contributed by atoms with Crippen molar-refractivity contribution in [1.82, 2.24) is 10.3 Å². The minimum atomic E-state index is 0.489. The number of anilines is 1. The highest BCUT2D eigenvalue weighted by Crippen LogP contribution is 2.22. The highest BCUT2D eigenvalue weighted by Gasteiger charge is 2.16. The quantitative estimate of drug-likeness (QED) is 0.817. The largest absolute Gasteiger partial charge is 0.368 e. The van der Waals surface area contributed by atoms with Crippen LogP contribution in [0.25, 0.3) is 0 Å². The Morgan fingerprint density at radius 2 is 2.44 bits per heavy atom. The lowest BCUT2D eigenvalue weighted by Gasteiger charge is -2.14. The molecule has 1 aliphatic heterocycles. The zero-order valence-corrected chi connectivity index (χ0v) is 10.2. The lowest BCUT2D eigenvalue weighted by Crippen LogP contribution is -2.16. The van der Waals surface area contributed by atoms with Gasteiger partial charge in [0, 0.05) is 18.3 Å². The summed E-state index contributed by atoms with van der Waals surface area (Å²) in [5, 5.41) is 6.86. The summed E-state index contributed by atoms with van der Waals surface area (Å²) < 4.78 is 0. The molecule has 1 aromatic heterocycles. The van der Waals surface area contributed by atoms with E-state index >= 15 is 0 Å². The summed E-state index contributed by atoms with van der Waals surface area (Å²) in [6, 6.07) is 5.27. The number of pyridine rings is 1. The van der Waals surface area contributed by atoms with E-state index in [0.717, 1.165) is 18.8 Å². The third kappa shape index (κ3) is 2.73. The summed E-state index contributed by atoms with van der Waals surface area (Å²) in [6.45, 7) is 5.49. The summed E-state index contributed by atoms with van der Waals surface area (Å²) in [6.07, 6.45) is 5.62. The van der Waals surface area contributed by atoms with E-state index in [2.05, 4.69) is 41.6 Å². The molecular weight excluding hydrogens is 198 g/mol. The molecule has 2 N–H and O–H groups in total. The first kappa shape index (κ1) is 11.4. The van der Waals surface area contributed by atoms with Crippen LogP contribution in [0.15, 0.2) is 18.3 Å². The Morgan fingerprint density at radius 1 is 1.56 bits per heavy atom. The molecule has 0 saturated carbocycles. The van der Waals surface area contributed by atoms with Gasteiger partial charge in [-0.2, -0.15) is 0 Å². The van der Waals surface area contributed by atoms with E-state index in [0.29, 0.717) is 12.1 Å². The van der Waals surface area contributed by atoms with Crippen molar-refractivity contribution in [3.8, 4) is 0 Å². The van der Waals surface area contributed by atoms with Crippen LogP contribution >= 0.6 is 0 Å². The zero-order chi connectivity index (χ0) is 11.4. The monoisotopic (exact) mass is 219 g/mol. The molecule has 3 heteroatoms. The molecular formula is C13H21N3. The number of nitrogens with zero attached hydrogens (tertiary/aromatic N) is 1. The molecule has 2 atom stereocenters. The molecule has 2 rings (SSSR count). The summed E-state index contributed by atoms with van der Waals surface area (Å²) in [5.74, 6) is 0.982. The van der Waals surface area contributed by atoms with Gasteiger partial charge in [0.25, 0.3) is 0 Å². The van der Waals surface area contributed by atoms with Crippen LogP contribution in [0.1, 0.15) is 44.7 Å². The second kappa shape index (κ2) is 5.30. The van der Waals surface area contributed by atoms with Crippen LogP contribution in [0.5, 0.6) is 0 Å². The summed E-state index contributed by atoms with van der Waals surface area (Å²) in [5.41, 5.74) is 1.31. The van der Waals surface area contributed by atoms with Gasteiger partial charge in [-0.05, 0) is 44.4 Å². The fraction of sp³-hybridized carbons (Fsp3) is 0.615. The van der Waals surface area contributed by atoms with Crippen molar-refractivity contribution in [2.24, 2.45) is 0 Å². The molecule has 0 amide bonds. The van der Waals surface area contributed by atoms with Crippen molar-refractivity contribution in [2.75, 3.05) is 11.9 Å². The maximum Gasteiger partial charge on any atom is 0.126 e. The maximum absolute atomic E-state index is 4.46. The van der Waals surface area contributed by atoms with Crippen molar-refractivity contribution < 1.29 is 0 Å². The Hall–Kier alpha value is -1.09. The average Bonchev–Trinajstić information content (AvgIpc) is 2.83. The third-order valence-corrected chi connectivity index (χ3v) is 3.26. The van der Waals surface area contributed by atoms with Gasteiger partial charge in [0.05, 0.1) is 0 Å². The van der Waals surface area contributed by atoms with Crippen molar-refractivity contribution in [2.45, 2.75) is 45.2 Å². The second-order valence-electron chi connectivity index (χ2n) is 4.58. The highest BCUT2D eigenvalue weighted by atomic mass is 15.0. The lowest BCUT2D eigenvalue weighted by atomic mass is 10.1. The van der Waals surface area contributed by atoms with Crippen molar-refractivity contribution >= 4 is 5.82 Å². The van der Waals surface area contributed by atoms with Crippen molar-refractivity contribution in [1.29, 1.82) is 0 Å². The predicted octanol–water partition coefficient (Wildman–Crippen LogP) is 2.72. The van der Waals surface area contributed by atoms with Gasteiger partial charge in [0.1, 0.15) is 5.82 Å². The van der Waals surface area contributed by atoms with E-state index in [1.54, 1.807) is 0 Å². The third-order valence-electron chi connectivity index (χ3n) is 3.26. The first-order chi connectivity index (χ1) is 7.79. The van der Waals surface area contributed by atoms with Crippen molar-refractivity contribution in [3.63, 3.8) is 0 Å². The van der Waals surface area contributed by atoms with E-state index in [4.69, 9.17) is 0 Å². The van der Waals surface area contributed by atoms with E-state index in [-0.39, 0.29) is 0 Å². The number of nitrogens with one attached hydrogen (secondary N) is 2. The topological polar surface area (TPSA) is 37.0 Å². The zero-order valence-electron chi connectivity index (χ0n) is 10.2. The molecule has 1 aliphatic rings. The minimum Gasteiger partial charge on any atom is -0.368 e. The van der Waals surface area contributed by atoms with Crippen LogP contribution < -0.4 is 10.6 Å². The Balaban J connectivity index is 1.98. The molecule has 1 saturated heterocycles. The van der Waals surface area contributed by atoms with E-state index in [1.807, 2.05) is 6.20 Å². The van der Waals surface area contributed by atoms with E-state index in [9.17, 15) is 0 Å². The van der Waals surface area contributed by atoms with Crippen LogP contribution in [0.2, 0.25) is 0 Å². The minimum absolute atomic E-state index is 0.489. The van der Waals surface area contributed by atoms with E-state index in [1.165, 1.54) is 18.4 Å². The molecule has 1 fully saturated rings. The molecule has 0 radical (unpaired) electrons. The Morgan fingerprint density at radius 3 is 3.00 bits per heavy atom. The molecule has 1 aromatic rings. The second-order valence-corrected chi connectivity index (χ2v) is 4.58. The standard InChI is InChI=1S/C13H21N3/c1-3-10(2)16-13-7-6-11(9-15-13)12-5-4-8-14-12/h6-7,9-10,12,14H,3-5,8H2,1-2H3,(H,15,16)/t10-,12-/m1/s1. The first-order valence-corrected chi connectivity index (χ1v) is 6.25. The fourth-order valence-electron chi connectivity index (χ4n) is 2.02. The Kier molecular flexibility index (Phi) is 3.78. The SMILES string of the molecule is CC[C@@H](C)Nc1ccc([C@H]2CCCN2)cn1. The van der Waals surface area contributed by atoms with Crippen LogP contribution in [0.4, 0.5) is 5.82 Å². The molecule has 88 valence electrons. The lowest BCUT2D eigenvalue weighted by molar-refractivity contribution is 0.645. The molecule has 2 heterocycles. The number of aromatic nitrogens is 1. The molecule has 0 aliphatic carbocycles. The predicted molar refractivity (Wildman–Crippen MR) is 67.6 cm³/mol. The highest BCUT2D eigenvalue weighted by molar-refractivity contribution is 5.37. The van der Waals surface area contributed by atoms with Crippen LogP contribution in [0, 0.1) is 0 Å². The molecule has 3 nitrogen and oxygen atoms in total. The van der Waals surface area contributed by atoms with Crippen LogP contribution in [-0.4, -0.2) is 17.6 Å². The molecule has 0 aromatic carbocycles. The molecule has 0 unspecified atom stereocenters. The van der Waals surface area contributed by atoms with Gasteiger partial charge in [-0.3, -0.25) is 0 Å². The van der Waals surface area contributed by atoms with Crippen molar-refractivity contribution in [3.05, 3.63) is 23.9 Å². The van der Waals surface area contributed by atoms with Gasteiger partial charge in [0.2, 0.25) is 0 Å². The normalized spacial score (nSPS) is 22.0. The Bertz CT molecular complexity index is 314. The molecule has 0 spiro atoms. The van der Waals surface area contributed by atoms with E-state index < -0.39 is 0 Å². The van der Waals surface area contributed by atoms with Gasteiger partial charge in [-0.15, -0.1) is 0 Å². The maximum atomic E-state index is 4.46. The van der Waals surface area contributed by atoms with Gasteiger partial charge in [0.15, 0.2) is 0 Å². The Labute approximate surface area is 97.7 Å². The summed E-state index contributed by atoms with van der Waals surface area (Å²) in [4.78, 5) is 4.46. The van der Waals surface area contributed by atoms with Gasteiger partial charge in [-0.1, -0.05) is 13.0 Å².